The van der Waals surface area contributed by atoms with Crippen LogP contribution in [0.5, 0.6) is 0 Å². The first-order chi connectivity index (χ1) is 36.2. The van der Waals surface area contributed by atoms with E-state index in [0.717, 1.165) is 4.90 Å². The Labute approximate surface area is 457 Å². The molecule has 0 radical (unpaired) electrons. The summed E-state index contributed by atoms with van der Waals surface area (Å²) < 4.78 is 80.0. The van der Waals surface area contributed by atoms with Gasteiger partial charge >= 0.3 is 5.97 Å². The molecule has 0 unspecified atom stereocenters. The number of Topliss-reactive ketones (excluding diaryl/α,β-unsaturated/α-hetero) is 3. The first-order valence-corrected chi connectivity index (χ1v) is 31.1. The second-order valence-corrected chi connectivity index (χ2v) is 26.9. The van der Waals surface area contributed by atoms with E-state index in [0.29, 0.717) is 62.5 Å². The van der Waals surface area contributed by atoms with Crippen molar-refractivity contribution in [3.63, 3.8) is 0 Å². The number of amides is 1. The number of esters is 1. The van der Waals surface area contributed by atoms with Gasteiger partial charge in [0.25, 0.3) is 11.7 Å². The van der Waals surface area contributed by atoms with Gasteiger partial charge in [-0.2, -0.15) is 0 Å². The fraction of sp³-hybridized carbons (Fsp3) is 0.768. The molecule has 4 N–H and O–H groups in total. The Hall–Kier alpha value is -3.51. The van der Waals surface area contributed by atoms with E-state index in [4.69, 9.17) is 28.8 Å². The highest BCUT2D eigenvalue weighted by Crippen LogP contribution is 2.38. The summed E-state index contributed by atoms with van der Waals surface area (Å²) in [6.07, 6.45) is 8.20. The van der Waals surface area contributed by atoms with Crippen LogP contribution in [0, 0.1) is 35.5 Å². The van der Waals surface area contributed by atoms with Crippen molar-refractivity contribution in [3.8, 4) is 0 Å². The molecule has 0 aromatic heterocycles. The van der Waals surface area contributed by atoms with E-state index in [2.05, 4.69) is 0 Å². The van der Waals surface area contributed by atoms with Crippen LogP contribution < -0.4 is 0 Å². The minimum atomic E-state index is -3.93. The topological polar surface area (TPSA) is 284 Å². The molecule has 3 fully saturated rings. The SMILES string of the molecule is CO[C@@H]1C[C@H](C[C@@H](C)[C@@H]2CC(=O)[C@H](C)/C=C(\C)[C@@H](O)[C@@H](OC)C(=O)[C@H](C)C[C@H](C)/C=C/C=C/C=C(\C)[C@@H](OCCS(=O)(=O)CCS(=O)(=O)CCO)C[C@@H]3CC[C@@H](C)[C@@](O)(O3)C(=O)C(=O)N3CCCC[C@H]3C(=O)O2)CC[C@H]1O. The Balaban J connectivity index is 1.72. The summed E-state index contributed by atoms with van der Waals surface area (Å²) in [6, 6.07) is -1.25. The number of carbonyl (C=O) groups excluding carboxylic acids is 5. The van der Waals surface area contributed by atoms with E-state index >= 15 is 0 Å². The first-order valence-electron chi connectivity index (χ1n) is 27.4. The zero-order valence-electron chi connectivity index (χ0n) is 46.8. The number of sulfone groups is 2. The van der Waals surface area contributed by atoms with Crippen LogP contribution in [0.2, 0.25) is 0 Å². The number of rotatable bonds is 14. The molecule has 4 rings (SSSR count). The summed E-state index contributed by atoms with van der Waals surface area (Å²) in [6.45, 7) is 11.1. The Morgan fingerprint density at radius 1 is 0.818 bits per heavy atom. The number of carbonyl (C=O) groups is 5. The number of nitrogens with zero attached hydrogens (tertiary/aromatic N) is 1. The van der Waals surface area contributed by atoms with Gasteiger partial charge in [0.15, 0.2) is 25.5 Å². The highest BCUT2D eigenvalue weighted by molar-refractivity contribution is 7.95. The second kappa shape index (κ2) is 30.3. The highest BCUT2D eigenvalue weighted by Gasteiger charge is 2.53. The van der Waals surface area contributed by atoms with Gasteiger partial charge in [-0.1, -0.05) is 71.1 Å². The molecule has 438 valence electrons. The van der Waals surface area contributed by atoms with E-state index in [1.54, 1.807) is 65.0 Å². The third kappa shape index (κ3) is 19.3. The number of piperidine rings is 1. The van der Waals surface area contributed by atoms with Crippen molar-refractivity contribution >= 4 is 48.9 Å². The molecule has 1 saturated carbocycles. The molecule has 3 heterocycles. The molecule has 2 saturated heterocycles. The largest absolute Gasteiger partial charge is 0.460 e. The quantitative estimate of drug-likeness (QED) is 0.107. The van der Waals surface area contributed by atoms with E-state index in [9.17, 15) is 56.1 Å². The second-order valence-electron chi connectivity index (χ2n) is 22.3. The van der Waals surface area contributed by atoms with Gasteiger partial charge < -0.3 is 49.0 Å². The van der Waals surface area contributed by atoms with Crippen LogP contribution >= 0.6 is 0 Å². The lowest BCUT2D eigenvalue weighted by molar-refractivity contribution is -0.266. The van der Waals surface area contributed by atoms with Gasteiger partial charge in [-0.15, -0.1) is 0 Å². The van der Waals surface area contributed by atoms with Gasteiger partial charge in [-0.05, 0) is 107 Å². The van der Waals surface area contributed by atoms with Crippen molar-refractivity contribution in [1.82, 2.24) is 4.90 Å². The maximum absolute atomic E-state index is 14.5. The number of aliphatic hydroxyl groups excluding tert-OH is 3. The summed E-state index contributed by atoms with van der Waals surface area (Å²) in [4.78, 5) is 72.6. The lowest BCUT2D eigenvalue weighted by Gasteiger charge is -2.43. The Morgan fingerprint density at radius 2 is 1.51 bits per heavy atom. The highest BCUT2D eigenvalue weighted by atomic mass is 32.2. The maximum atomic E-state index is 14.5. The third-order valence-corrected chi connectivity index (χ3v) is 19.5. The van der Waals surface area contributed by atoms with Gasteiger partial charge in [0.05, 0.1) is 60.6 Å². The average molecular weight is 1130 g/mol. The normalized spacial score (nSPS) is 36.4. The Bertz CT molecular complexity index is 2350. The first kappa shape index (κ1) is 66.0. The van der Waals surface area contributed by atoms with Crippen LogP contribution in [0.1, 0.15) is 126 Å². The van der Waals surface area contributed by atoms with Crippen molar-refractivity contribution in [2.24, 2.45) is 35.5 Å². The summed E-state index contributed by atoms with van der Waals surface area (Å²) in [5.41, 5.74) is 0.938. The summed E-state index contributed by atoms with van der Waals surface area (Å²) in [5.74, 6) is -11.6. The molecular weight excluding hydrogens is 1040 g/mol. The predicted molar refractivity (Wildman–Crippen MR) is 288 cm³/mol. The van der Waals surface area contributed by atoms with E-state index in [1.807, 2.05) is 19.9 Å². The van der Waals surface area contributed by atoms with Crippen LogP contribution in [0.25, 0.3) is 0 Å². The van der Waals surface area contributed by atoms with Crippen LogP contribution in [-0.4, -0.2) is 183 Å². The predicted octanol–water partition coefficient (Wildman–Crippen LogP) is 4.37. The van der Waals surface area contributed by atoms with Crippen molar-refractivity contribution in [2.75, 3.05) is 57.0 Å². The molecule has 1 aliphatic carbocycles. The van der Waals surface area contributed by atoms with Crippen molar-refractivity contribution in [2.45, 2.75) is 180 Å². The number of hydrogen-bond donors (Lipinski definition) is 4. The Morgan fingerprint density at radius 3 is 2.17 bits per heavy atom. The molecule has 0 aromatic rings. The van der Waals surface area contributed by atoms with Crippen molar-refractivity contribution in [1.29, 1.82) is 0 Å². The van der Waals surface area contributed by atoms with E-state index in [-0.39, 0.29) is 68.3 Å². The lowest BCUT2D eigenvalue weighted by atomic mass is 9.78. The van der Waals surface area contributed by atoms with Crippen LogP contribution in [0.15, 0.2) is 47.6 Å². The summed E-state index contributed by atoms with van der Waals surface area (Å²) in [5, 5.41) is 43.3. The molecule has 77 heavy (non-hydrogen) atoms. The van der Waals surface area contributed by atoms with Gasteiger partial charge in [0.2, 0.25) is 5.79 Å². The molecular formula is C56H89NO18S2. The zero-order chi connectivity index (χ0) is 57.4. The number of fused-ring (bicyclic) bond motifs is 3. The van der Waals surface area contributed by atoms with Crippen LogP contribution in [0.3, 0.4) is 0 Å². The Kier molecular flexibility index (Phi) is 26.0. The summed E-state index contributed by atoms with van der Waals surface area (Å²) in [7, 11) is -4.86. The molecule has 21 heteroatoms. The fourth-order valence-corrected chi connectivity index (χ4v) is 14.0. The van der Waals surface area contributed by atoms with Gasteiger partial charge in [0, 0.05) is 51.4 Å². The zero-order valence-corrected chi connectivity index (χ0v) is 48.4. The number of aliphatic hydroxyl groups is 4. The molecule has 0 aromatic carbocycles. The molecule has 0 spiro atoms. The minimum absolute atomic E-state index is 0.00569. The number of hydrogen-bond acceptors (Lipinski definition) is 18. The minimum Gasteiger partial charge on any atom is -0.460 e. The van der Waals surface area contributed by atoms with Crippen LogP contribution in [0.4, 0.5) is 0 Å². The number of cyclic esters (lactones) is 1. The van der Waals surface area contributed by atoms with E-state index in [1.165, 1.54) is 14.2 Å². The molecule has 1 amide bonds. The third-order valence-electron chi connectivity index (χ3n) is 16.0. The van der Waals surface area contributed by atoms with Crippen LogP contribution in [-0.2, 0) is 67.3 Å². The van der Waals surface area contributed by atoms with Gasteiger partial charge in [-0.25, -0.2) is 21.6 Å². The average Bonchev–Trinajstić information content (AvgIpc) is 3.39. The van der Waals surface area contributed by atoms with Crippen molar-refractivity contribution in [3.05, 3.63) is 47.6 Å². The van der Waals surface area contributed by atoms with Crippen molar-refractivity contribution < 1.29 is 84.9 Å². The van der Waals surface area contributed by atoms with Gasteiger partial charge in [-0.3, -0.25) is 19.2 Å². The lowest BCUT2D eigenvalue weighted by Crippen LogP contribution is -2.61. The number of ether oxygens (including phenoxy) is 5. The molecule has 3 aliphatic heterocycles. The standard InChI is InChI=1S/C56H89NO18S2/c1-35-15-11-10-12-16-36(2)47(73-24-26-77(69,70)28-27-76(67,68)25-23-58)33-43-20-18-41(7)56(66,75-43)53(63)54(64)57-22-14-13-17-44(57)55(65)74-48(38(4)31-42-19-21-45(59)49(32-42)71-8)34-46(60)37(3)30-40(6)51(62)52(72-9)50(61)39(5)29-35/h10-12,15-16,30,35,37-39,41-45,47-49,51-52,58-59,62,66H,13-14,17-29,31-34H2,1-9H3/b12-10+,15-11+,36-16+,40-30+/t35-,37-,38-,39-,41-,42+,43+,44+,45-,47+,48+,49-,51-,52+,56-/m1/s1. The number of methoxy groups -OCH3 is 2. The smallest absolute Gasteiger partial charge is 0.329 e. The molecule has 2 bridgehead atoms. The molecule has 15 atom stereocenters. The molecule has 4 aliphatic rings. The monoisotopic (exact) mass is 1130 g/mol. The maximum Gasteiger partial charge on any atom is 0.329 e. The fourth-order valence-electron chi connectivity index (χ4n) is 10.9. The van der Waals surface area contributed by atoms with Gasteiger partial charge in [0.1, 0.15) is 30.1 Å². The number of allylic oxidation sites excluding steroid dienone is 6. The summed E-state index contributed by atoms with van der Waals surface area (Å²) >= 11 is 0. The molecule has 19 nitrogen and oxygen atoms in total. The number of ketones is 3. The van der Waals surface area contributed by atoms with E-state index < -0.39 is 139 Å².